The van der Waals surface area contributed by atoms with Crippen LogP contribution >= 0.6 is 0 Å². The molecule has 3 rings (SSSR count). The molecule has 1 N–H and O–H groups in total. The van der Waals surface area contributed by atoms with Crippen LogP contribution in [0.2, 0.25) is 0 Å². The maximum Gasteiger partial charge on any atom is 0.228 e. The van der Waals surface area contributed by atoms with Gasteiger partial charge in [-0.2, -0.15) is 0 Å². The fourth-order valence-corrected chi connectivity index (χ4v) is 2.68. The second kappa shape index (κ2) is 7.09. The summed E-state index contributed by atoms with van der Waals surface area (Å²) in [5.74, 6) is -0.00638. The number of nitrogens with zero attached hydrogens (tertiary/aromatic N) is 1. The Morgan fingerprint density at radius 3 is 2.46 bits per heavy atom. The Balaban J connectivity index is 1.66. The van der Waals surface area contributed by atoms with Gasteiger partial charge in [-0.15, -0.1) is 0 Å². The van der Waals surface area contributed by atoms with Crippen molar-refractivity contribution in [3.05, 3.63) is 83.7 Å². The Bertz CT molecular complexity index is 854. The highest BCUT2D eigenvalue weighted by Crippen LogP contribution is 2.21. The molecule has 3 aromatic rings. The summed E-state index contributed by atoms with van der Waals surface area (Å²) in [6.45, 7) is 4.00. The minimum Gasteiger partial charge on any atom is -0.326 e. The first-order valence-corrected chi connectivity index (χ1v) is 7.99. The first-order chi connectivity index (χ1) is 11.6. The van der Waals surface area contributed by atoms with E-state index in [9.17, 15) is 4.79 Å². The third-order valence-corrected chi connectivity index (χ3v) is 3.85. The van der Waals surface area contributed by atoms with Crippen LogP contribution in [0.15, 0.2) is 66.9 Å². The number of hydrogen-bond acceptors (Lipinski definition) is 2. The Morgan fingerprint density at radius 2 is 1.75 bits per heavy atom. The van der Waals surface area contributed by atoms with Crippen molar-refractivity contribution in [3.8, 4) is 11.1 Å². The highest BCUT2D eigenvalue weighted by Gasteiger charge is 2.05. The Labute approximate surface area is 142 Å². The van der Waals surface area contributed by atoms with Crippen molar-refractivity contribution in [2.75, 3.05) is 5.32 Å². The Kier molecular flexibility index (Phi) is 4.71. The van der Waals surface area contributed by atoms with E-state index in [-0.39, 0.29) is 5.91 Å². The summed E-state index contributed by atoms with van der Waals surface area (Å²) in [6.07, 6.45) is 2.19. The van der Waals surface area contributed by atoms with E-state index in [0.717, 1.165) is 33.6 Å². The Morgan fingerprint density at radius 1 is 0.958 bits per heavy atom. The summed E-state index contributed by atoms with van der Waals surface area (Å²) in [5.41, 5.74) is 6.22. The van der Waals surface area contributed by atoms with Crippen LogP contribution in [0.25, 0.3) is 11.1 Å². The van der Waals surface area contributed by atoms with Crippen LogP contribution < -0.4 is 5.32 Å². The third kappa shape index (κ3) is 4.07. The number of pyridine rings is 1. The molecule has 0 fully saturated rings. The van der Waals surface area contributed by atoms with Crippen LogP contribution in [0.3, 0.4) is 0 Å². The minimum absolute atomic E-state index is 0.00638. The van der Waals surface area contributed by atoms with Gasteiger partial charge in [0.15, 0.2) is 0 Å². The van der Waals surface area contributed by atoms with Gasteiger partial charge in [0.2, 0.25) is 5.91 Å². The second-order valence-electron chi connectivity index (χ2n) is 5.98. The number of carbonyl (C=O) groups is 1. The molecular formula is C21H20N2O. The number of amides is 1. The first kappa shape index (κ1) is 15.9. The summed E-state index contributed by atoms with van der Waals surface area (Å²) < 4.78 is 0. The van der Waals surface area contributed by atoms with E-state index in [0.29, 0.717) is 6.42 Å². The van der Waals surface area contributed by atoms with E-state index in [1.165, 1.54) is 0 Å². The molecule has 0 saturated carbocycles. The van der Waals surface area contributed by atoms with E-state index >= 15 is 0 Å². The Hall–Kier alpha value is -2.94. The molecule has 0 bridgehead atoms. The molecule has 0 aliphatic heterocycles. The maximum absolute atomic E-state index is 12.2. The summed E-state index contributed by atoms with van der Waals surface area (Å²) in [6, 6.07) is 19.9. The fourth-order valence-electron chi connectivity index (χ4n) is 2.68. The molecule has 1 amide bonds. The maximum atomic E-state index is 12.2. The second-order valence-corrected chi connectivity index (χ2v) is 5.98. The topological polar surface area (TPSA) is 42.0 Å². The van der Waals surface area contributed by atoms with E-state index in [2.05, 4.69) is 10.3 Å². The number of rotatable bonds is 4. The monoisotopic (exact) mass is 316 g/mol. The number of benzene rings is 2. The smallest absolute Gasteiger partial charge is 0.228 e. The molecule has 120 valence electrons. The molecule has 3 heteroatoms. The molecule has 0 atom stereocenters. The van der Waals surface area contributed by atoms with Crippen molar-refractivity contribution >= 4 is 11.6 Å². The average Bonchev–Trinajstić information content (AvgIpc) is 2.55. The van der Waals surface area contributed by atoms with Crippen molar-refractivity contribution in [3.63, 3.8) is 0 Å². The molecule has 0 spiro atoms. The van der Waals surface area contributed by atoms with Crippen LogP contribution in [0.5, 0.6) is 0 Å². The van der Waals surface area contributed by atoms with Crippen LogP contribution in [0, 0.1) is 13.8 Å². The van der Waals surface area contributed by atoms with Crippen molar-refractivity contribution in [2.24, 2.45) is 0 Å². The first-order valence-electron chi connectivity index (χ1n) is 7.99. The minimum atomic E-state index is -0.00638. The zero-order valence-electron chi connectivity index (χ0n) is 13.9. The largest absolute Gasteiger partial charge is 0.326 e. The molecule has 1 heterocycles. The van der Waals surface area contributed by atoms with Crippen LogP contribution in [0.1, 0.15) is 16.8 Å². The van der Waals surface area contributed by atoms with Gasteiger partial charge in [-0.1, -0.05) is 42.0 Å². The normalized spacial score (nSPS) is 10.4. The van der Waals surface area contributed by atoms with Gasteiger partial charge in [-0.3, -0.25) is 9.78 Å². The van der Waals surface area contributed by atoms with Crippen LogP contribution in [-0.2, 0) is 11.2 Å². The molecule has 0 aliphatic carbocycles. The lowest BCUT2D eigenvalue weighted by atomic mass is 10.1. The number of nitrogens with one attached hydrogen (secondary N) is 1. The van der Waals surface area contributed by atoms with Gasteiger partial charge in [0.25, 0.3) is 0 Å². The van der Waals surface area contributed by atoms with Gasteiger partial charge in [0, 0.05) is 17.6 Å². The lowest BCUT2D eigenvalue weighted by molar-refractivity contribution is -0.115. The SMILES string of the molecule is Cc1cccc(CC(=O)Nc2ccc(-c3ccnc(C)c3)cc2)c1. The molecule has 0 radical (unpaired) electrons. The van der Waals surface area contributed by atoms with E-state index in [1.807, 2.05) is 80.7 Å². The summed E-state index contributed by atoms with van der Waals surface area (Å²) in [4.78, 5) is 16.4. The summed E-state index contributed by atoms with van der Waals surface area (Å²) in [5, 5.41) is 2.95. The molecule has 0 saturated heterocycles. The van der Waals surface area contributed by atoms with Gasteiger partial charge < -0.3 is 5.32 Å². The number of hydrogen-bond donors (Lipinski definition) is 1. The van der Waals surface area contributed by atoms with Gasteiger partial charge in [-0.05, 0) is 54.8 Å². The number of aryl methyl sites for hydroxylation is 2. The van der Waals surface area contributed by atoms with Gasteiger partial charge in [-0.25, -0.2) is 0 Å². The molecule has 24 heavy (non-hydrogen) atoms. The van der Waals surface area contributed by atoms with Gasteiger partial charge >= 0.3 is 0 Å². The van der Waals surface area contributed by atoms with Crippen molar-refractivity contribution < 1.29 is 4.79 Å². The molecule has 0 aliphatic rings. The molecule has 1 aromatic heterocycles. The van der Waals surface area contributed by atoms with Crippen molar-refractivity contribution in [2.45, 2.75) is 20.3 Å². The average molecular weight is 316 g/mol. The van der Waals surface area contributed by atoms with Crippen molar-refractivity contribution in [1.82, 2.24) is 4.98 Å². The number of anilines is 1. The quantitative estimate of drug-likeness (QED) is 0.767. The fraction of sp³-hybridized carbons (Fsp3) is 0.143. The van der Waals surface area contributed by atoms with Gasteiger partial charge in [0.1, 0.15) is 0 Å². The zero-order valence-corrected chi connectivity index (χ0v) is 13.9. The number of aromatic nitrogens is 1. The van der Waals surface area contributed by atoms with E-state index in [1.54, 1.807) is 0 Å². The summed E-state index contributed by atoms with van der Waals surface area (Å²) in [7, 11) is 0. The van der Waals surface area contributed by atoms with Crippen molar-refractivity contribution in [1.29, 1.82) is 0 Å². The summed E-state index contributed by atoms with van der Waals surface area (Å²) >= 11 is 0. The lowest BCUT2D eigenvalue weighted by Crippen LogP contribution is -2.14. The zero-order chi connectivity index (χ0) is 16.9. The predicted molar refractivity (Wildman–Crippen MR) is 97.9 cm³/mol. The molecule has 0 unspecified atom stereocenters. The van der Waals surface area contributed by atoms with Gasteiger partial charge in [0.05, 0.1) is 6.42 Å². The van der Waals surface area contributed by atoms with Crippen LogP contribution in [0.4, 0.5) is 5.69 Å². The molecule has 2 aromatic carbocycles. The predicted octanol–water partition coefficient (Wildman–Crippen LogP) is 4.55. The number of carbonyl (C=O) groups excluding carboxylic acids is 1. The highest BCUT2D eigenvalue weighted by molar-refractivity contribution is 5.92. The van der Waals surface area contributed by atoms with E-state index < -0.39 is 0 Å². The van der Waals surface area contributed by atoms with E-state index in [4.69, 9.17) is 0 Å². The highest BCUT2D eigenvalue weighted by atomic mass is 16.1. The standard InChI is InChI=1S/C21H20N2O/c1-15-4-3-5-17(12-15)14-21(24)23-20-8-6-18(7-9-20)19-10-11-22-16(2)13-19/h3-13H,14H2,1-2H3,(H,23,24). The molecular weight excluding hydrogens is 296 g/mol. The molecule has 3 nitrogen and oxygen atoms in total. The van der Waals surface area contributed by atoms with Crippen LogP contribution in [-0.4, -0.2) is 10.9 Å². The third-order valence-electron chi connectivity index (χ3n) is 3.85. The lowest BCUT2D eigenvalue weighted by Gasteiger charge is -2.08.